The van der Waals surface area contributed by atoms with Crippen LogP contribution in [0.2, 0.25) is 0 Å². The van der Waals surface area contributed by atoms with Gasteiger partial charge in [-0.05, 0) is 6.07 Å². The van der Waals surface area contributed by atoms with Gasteiger partial charge in [0.1, 0.15) is 23.1 Å². The summed E-state index contributed by atoms with van der Waals surface area (Å²) in [5, 5.41) is 0. The van der Waals surface area contributed by atoms with Gasteiger partial charge in [0.05, 0.1) is 6.20 Å². The number of halogens is 2. The van der Waals surface area contributed by atoms with Gasteiger partial charge in [0.2, 0.25) is 0 Å². The van der Waals surface area contributed by atoms with Gasteiger partial charge in [-0.2, -0.15) is 0 Å². The molecule has 0 saturated carbocycles. The zero-order valence-electron chi connectivity index (χ0n) is 7.58. The summed E-state index contributed by atoms with van der Waals surface area (Å²) < 4.78 is 30.8. The molecule has 2 aromatic rings. The third-order valence-corrected chi connectivity index (χ3v) is 1.67. The summed E-state index contributed by atoms with van der Waals surface area (Å²) in [5.41, 5.74) is 0. The lowest BCUT2D eigenvalue weighted by Crippen LogP contribution is -1.87. The van der Waals surface area contributed by atoms with Gasteiger partial charge in [0.25, 0.3) is 0 Å². The largest absolute Gasteiger partial charge is 0.457 e. The Hall–Kier alpha value is -1.97. The van der Waals surface area contributed by atoms with Crippen LogP contribution in [-0.2, 0) is 0 Å². The lowest BCUT2D eigenvalue weighted by atomic mass is 10.3. The first-order valence-electron chi connectivity index (χ1n) is 4.20. The van der Waals surface area contributed by atoms with Crippen LogP contribution in [-0.4, -0.2) is 4.98 Å². The summed E-state index contributed by atoms with van der Waals surface area (Å²) in [6.07, 6.45) is 4.03. The van der Waals surface area contributed by atoms with Gasteiger partial charge in [-0.25, -0.2) is 8.78 Å². The smallest absolute Gasteiger partial charge is 0.133 e. The van der Waals surface area contributed by atoms with Gasteiger partial charge >= 0.3 is 0 Å². The van der Waals surface area contributed by atoms with E-state index in [1.165, 1.54) is 12.3 Å². The lowest BCUT2D eigenvalue weighted by Gasteiger charge is -2.04. The monoisotopic (exact) mass is 206 g/mol. The Bertz CT molecular complexity index is 439. The summed E-state index contributed by atoms with van der Waals surface area (Å²) in [4.78, 5) is 3.67. The molecule has 0 saturated heterocycles. The highest BCUT2D eigenvalue weighted by Gasteiger charge is 2.02. The van der Waals surface area contributed by atoms with E-state index in [2.05, 4.69) is 11.2 Å². The molecule has 0 fully saturated rings. The molecule has 0 aliphatic rings. The molecule has 4 heteroatoms. The fourth-order valence-corrected chi connectivity index (χ4v) is 1.09. The van der Waals surface area contributed by atoms with Gasteiger partial charge in [-0.3, -0.25) is 4.98 Å². The van der Waals surface area contributed by atoms with E-state index in [9.17, 15) is 8.78 Å². The Morgan fingerprint density at radius 3 is 2.40 bits per heavy atom. The van der Waals surface area contributed by atoms with Crippen LogP contribution in [0.25, 0.3) is 0 Å². The van der Waals surface area contributed by atoms with Crippen molar-refractivity contribution in [2.75, 3.05) is 0 Å². The Kier molecular flexibility index (Phi) is 2.58. The van der Waals surface area contributed by atoms with E-state index < -0.39 is 11.6 Å². The molecule has 15 heavy (non-hydrogen) atoms. The Morgan fingerprint density at radius 1 is 1.07 bits per heavy atom. The molecular formula is C11H6F2NO. The molecule has 0 spiro atoms. The van der Waals surface area contributed by atoms with Crippen molar-refractivity contribution in [1.29, 1.82) is 0 Å². The molecule has 2 rings (SSSR count). The van der Waals surface area contributed by atoms with Crippen LogP contribution < -0.4 is 4.74 Å². The number of hydrogen-bond donors (Lipinski definition) is 0. The molecule has 1 aromatic heterocycles. The third kappa shape index (κ3) is 2.49. The number of rotatable bonds is 2. The number of aromatic nitrogens is 1. The molecule has 0 atom stereocenters. The Morgan fingerprint density at radius 2 is 1.80 bits per heavy atom. The van der Waals surface area contributed by atoms with Crippen LogP contribution in [0.5, 0.6) is 11.5 Å². The topological polar surface area (TPSA) is 22.1 Å². The molecule has 0 N–H and O–H groups in total. The molecule has 0 aliphatic carbocycles. The molecule has 0 aliphatic heterocycles. The van der Waals surface area contributed by atoms with E-state index in [-0.39, 0.29) is 5.75 Å². The second-order valence-electron chi connectivity index (χ2n) is 2.83. The van der Waals surface area contributed by atoms with Gasteiger partial charge in [0.15, 0.2) is 0 Å². The average Bonchev–Trinajstić information content (AvgIpc) is 2.17. The van der Waals surface area contributed by atoms with Crippen LogP contribution >= 0.6 is 0 Å². The van der Waals surface area contributed by atoms with Crippen LogP contribution in [0.4, 0.5) is 8.78 Å². The van der Waals surface area contributed by atoms with Crippen molar-refractivity contribution in [2.45, 2.75) is 0 Å². The van der Waals surface area contributed by atoms with Crippen LogP contribution in [0, 0.1) is 17.8 Å². The minimum Gasteiger partial charge on any atom is -0.457 e. The van der Waals surface area contributed by atoms with Crippen molar-refractivity contribution in [1.82, 2.24) is 4.98 Å². The molecule has 1 heterocycles. The lowest BCUT2D eigenvalue weighted by molar-refractivity contribution is 0.467. The van der Waals surface area contributed by atoms with E-state index >= 15 is 0 Å². The Labute approximate surface area is 85.2 Å². The number of benzene rings is 1. The first kappa shape index (κ1) is 9.58. The van der Waals surface area contributed by atoms with Gasteiger partial charge in [-0.1, -0.05) is 0 Å². The molecule has 0 bridgehead atoms. The molecular weight excluding hydrogens is 200 g/mol. The molecule has 1 aromatic carbocycles. The van der Waals surface area contributed by atoms with Crippen LogP contribution in [0.3, 0.4) is 0 Å². The van der Waals surface area contributed by atoms with Crippen molar-refractivity contribution in [3.63, 3.8) is 0 Å². The van der Waals surface area contributed by atoms with Crippen molar-refractivity contribution < 1.29 is 13.5 Å². The highest BCUT2D eigenvalue weighted by atomic mass is 19.1. The van der Waals surface area contributed by atoms with Crippen molar-refractivity contribution in [3.05, 3.63) is 54.4 Å². The maximum absolute atomic E-state index is 12.8. The maximum Gasteiger partial charge on any atom is 0.133 e. The molecule has 0 amide bonds. The van der Waals surface area contributed by atoms with Crippen molar-refractivity contribution >= 4 is 0 Å². The zero-order valence-corrected chi connectivity index (χ0v) is 7.58. The first-order chi connectivity index (χ1) is 7.24. The maximum atomic E-state index is 12.8. The number of ether oxygens (including phenoxy) is 1. The number of nitrogens with zero attached hydrogens (tertiary/aromatic N) is 1. The first-order valence-corrected chi connectivity index (χ1v) is 4.20. The van der Waals surface area contributed by atoms with E-state index in [0.29, 0.717) is 5.75 Å². The average molecular weight is 206 g/mol. The van der Waals surface area contributed by atoms with E-state index in [1.807, 2.05) is 0 Å². The molecule has 75 valence electrons. The fourth-order valence-electron chi connectivity index (χ4n) is 1.09. The Balaban J connectivity index is 2.25. The summed E-state index contributed by atoms with van der Waals surface area (Å²) in [6.45, 7) is 0. The summed E-state index contributed by atoms with van der Waals surface area (Å²) in [5.74, 6) is -0.826. The van der Waals surface area contributed by atoms with Crippen molar-refractivity contribution in [3.8, 4) is 11.5 Å². The second kappa shape index (κ2) is 4.04. The summed E-state index contributed by atoms with van der Waals surface area (Å²) >= 11 is 0. The summed E-state index contributed by atoms with van der Waals surface area (Å²) in [6, 6.07) is 6.03. The third-order valence-electron chi connectivity index (χ3n) is 1.67. The fraction of sp³-hybridized carbons (Fsp3) is 0. The van der Waals surface area contributed by atoms with Crippen molar-refractivity contribution in [2.24, 2.45) is 0 Å². The molecule has 1 radical (unpaired) electrons. The highest BCUT2D eigenvalue weighted by Crippen LogP contribution is 2.22. The number of pyridine rings is 1. The second-order valence-corrected chi connectivity index (χ2v) is 2.83. The van der Waals surface area contributed by atoms with E-state index in [4.69, 9.17) is 4.74 Å². The normalized spacial score (nSPS) is 10.0. The number of hydrogen-bond acceptors (Lipinski definition) is 2. The molecule has 0 unspecified atom stereocenters. The van der Waals surface area contributed by atoms with Gasteiger partial charge in [-0.15, -0.1) is 0 Å². The molecule has 2 nitrogen and oxygen atoms in total. The zero-order chi connectivity index (χ0) is 10.7. The van der Waals surface area contributed by atoms with Crippen LogP contribution in [0.15, 0.2) is 36.5 Å². The highest BCUT2D eigenvalue weighted by molar-refractivity contribution is 5.30. The van der Waals surface area contributed by atoms with Gasteiger partial charge in [0, 0.05) is 30.5 Å². The minimum atomic E-state index is -0.678. The predicted octanol–water partition coefficient (Wildman–Crippen LogP) is 2.95. The summed E-state index contributed by atoms with van der Waals surface area (Å²) in [7, 11) is 0. The van der Waals surface area contributed by atoms with E-state index in [0.717, 1.165) is 18.2 Å². The SMILES string of the molecule is Fc1cc(F)cc(Oc2c[c]ncc2)c1. The van der Waals surface area contributed by atoms with Crippen LogP contribution in [0.1, 0.15) is 0 Å². The minimum absolute atomic E-state index is 0.104. The standard InChI is InChI=1S/C11H6F2NO/c12-8-5-9(13)7-11(6-8)15-10-1-3-14-4-2-10/h1-3,5-7H. The quantitative estimate of drug-likeness (QED) is 0.753. The van der Waals surface area contributed by atoms with E-state index in [1.54, 1.807) is 6.07 Å². The van der Waals surface area contributed by atoms with Gasteiger partial charge < -0.3 is 4.74 Å². The predicted molar refractivity (Wildman–Crippen MR) is 49.5 cm³/mol.